The first-order valence-electron chi connectivity index (χ1n) is 13.0. The molecule has 0 aromatic carbocycles. The van der Waals surface area contributed by atoms with Gasteiger partial charge < -0.3 is 78.5 Å². The third kappa shape index (κ3) is 7.19. The molecule has 228 valence electrons. The molecule has 1 aliphatic carbocycles. The predicted octanol–water partition coefficient (Wildman–Crippen LogP) is -6.10. The molecule has 16 nitrogen and oxygen atoms in total. The van der Waals surface area contributed by atoms with Gasteiger partial charge in [0.05, 0.1) is 30.8 Å². The van der Waals surface area contributed by atoms with E-state index in [0.717, 1.165) is 0 Å². The van der Waals surface area contributed by atoms with E-state index in [1.54, 1.807) is 0 Å². The van der Waals surface area contributed by atoms with Crippen molar-refractivity contribution in [2.24, 2.45) is 28.7 Å². The highest BCUT2D eigenvalue weighted by atomic mass is 19.1. The first kappa shape index (κ1) is 32.4. The maximum Gasteiger partial charge on any atom is 0.249 e. The number of aliphatic hydroxyl groups excluding tert-OH is 3. The lowest BCUT2D eigenvalue weighted by molar-refractivity contribution is -0.392. The molecule has 2 saturated heterocycles. The molecule has 1 amide bonds. The largest absolute Gasteiger partial charge is 0.394 e. The second-order valence-electron chi connectivity index (χ2n) is 10.3. The van der Waals surface area contributed by atoms with Crippen LogP contribution in [-0.2, 0) is 23.7 Å². The molecule has 13 atom stereocenters. The fraction of sp³-hybridized carbons (Fsp3) is 0.955. The molecule has 0 unspecified atom stereocenters. The van der Waals surface area contributed by atoms with Crippen LogP contribution in [0.25, 0.3) is 0 Å². The Kier molecular flexibility index (Phi) is 11.3. The van der Waals surface area contributed by atoms with Gasteiger partial charge in [-0.1, -0.05) is 0 Å². The van der Waals surface area contributed by atoms with Crippen molar-refractivity contribution in [3.8, 4) is 0 Å². The van der Waals surface area contributed by atoms with Crippen LogP contribution in [0.4, 0.5) is 4.39 Å². The monoisotopic (exact) mass is 570 g/mol. The first-order chi connectivity index (χ1) is 18.3. The van der Waals surface area contributed by atoms with E-state index < -0.39 is 91.7 Å². The molecule has 17 heteroatoms. The normalized spacial score (nSPS) is 43.6. The third-order valence-corrected chi connectivity index (χ3v) is 7.44. The van der Waals surface area contributed by atoms with E-state index >= 15 is 4.39 Å². The van der Waals surface area contributed by atoms with Crippen molar-refractivity contribution >= 4 is 5.91 Å². The molecule has 3 fully saturated rings. The van der Waals surface area contributed by atoms with E-state index in [1.807, 2.05) is 0 Å². The molecule has 0 bridgehead atoms. The highest BCUT2D eigenvalue weighted by molar-refractivity contribution is 5.80. The van der Waals surface area contributed by atoms with Crippen LogP contribution < -0.4 is 34.0 Å². The quantitative estimate of drug-likeness (QED) is 0.109. The van der Waals surface area contributed by atoms with Gasteiger partial charge in [0.25, 0.3) is 0 Å². The highest BCUT2D eigenvalue weighted by Gasteiger charge is 2.57. The molecule has 0 spiro atoms. The lowest BCUT2D eigenvalue weighted by Crippen LogP contribution is -2.72. The summed E-state index contributed by atoms with van der Waals surface area (Å²) in [6.07, 6.45) is -12.4. The predicted molar refractivity (Wildman–Crippen MR) is 131 cm³/mol. The van der Waals surface area contributed by atoms with E-state index in [9.17, 15) is 30.3 Å². The number of amides is 1. The van der Waals surface area contributed by atoms with Gasteiger partial charge in [-0.05, 0) is 32.2 Å². The van der Waals surface area contributed by atoms with E-state index in [1.165, 1.54) is 0 Å². The van der Waals surface area contributed by atoms with Crippen molar-refractivity contribution in [1.29, 1.82) is 0 Å². The van der Waals surface area contributed by atoms with Gasteiger partial charge in [-0.25, -0.2) is 4.39 Å². The summed E-state index contributed by atoms with van der Waals surface area (Å²) in [6.45, 7) is -0.572. The Bertz CT molecular complexity index is 804. The number of halogens is 1. The van der Waals surface area contributed by atoms with Gasteiger partial charge in [0, 0.05) is 12.6 Å². The van der Waals surface area contributed by atoms with Crippen LogP contribution in [-0.4, -0.2) is 136 Å². The molecular formula is C22H43FN6O10. The maximum absolute atomic E-state index is 16.2. The van der Waals surface area contributed by atoms with Crippen molar-refractivity contribution in [2.75, 3.05) is 19.7 Å². The molecule has 3 aliphatic rings. The number of ether oxygens (including phenoxy) is 4. The van der Waals surface area contributed by atoms with Crippen LogP contribution in [0.2, 0.25) is 0 Å². The van der Waals surface area contributed by atoms with Crippen molar-refractivity contribution in [3.05, 3.63) is 0 Å². The topological polar surface area (TPSA) is 297 Å². The smallest absolute Gasteiger partial charge is 0.249 e. The number of nitrogens with one attached hydrogen (secondary N) is 1. The zero-order valence-electron chi connectivity index (χ0n) is 21.5. The Morgan fingerprint density at radius 2 is 1.79 bits per heavy atom. The number of hydrogen-bond acceptors (Lipinski definition) is 15. The van der Waals surface area contributed by atoms with Gasteiger partial charge in [-0.15, -0.1) is 0 Å². The van der Waals surface area contributed by atoms with Gasteiger partial charge in [-0.3, -0.25) is 4.79 Å². The van der Waals surface area contributed by atoms with Crippen LogP contribution >= 0.6 is 0 Å². The minimum atomic E-state index is -3.03. The number of carbonyl (C=O) groups excluding carboxylic acids is 1. The maximum atomic E-state index is 16.2. The van der Waals surface area contributed by atoms with E-state index in [-0.39, 0.29) is 32.0 Å². The van der Waals surface area contributed by atoms with Crippen LogP contribution in [0.1, 0.15) is 25.7 Å². The molecule has 0 radical (unpaired) electrons. The number of alkyl halides is 1. The first-order valence-corrected chi connectivity index (χ1v) is 13.0. The number of hydrogen-bond donors (Lipinski definition) is 11. The zero-order valence-corrected chi connectivity index (χ0v) is 21.5. The third-order valence-electron chi connectivity index (χ3n) is 7.44. The van der Waals surface area contributed by atoms with E-state index in [4.69, 9.17) is 47.6 Å². The Balaban J connectivity index is 1.86. The van der Waals surface area contributed by atoms with E-state index in [2.05, 4.69) is 5.32 Å². The summed E-state index contributed by atoms with van der Waals surface area (Å²) in [5.74, 6) is -3.91. The summed E-state index contributed by atoms with van der Waals surface area (Å²) in [6, 6.07) is -4.63. The molecule has 2 heterocycles. The number of carbonyl (C=O) groups is 1. The van der Waals surface area contributed by atoms with Crippen LogP contribution in [0.3, 0.4) is 0 Å². The average molecular weight is 571 g/mol. The summed E-state index contributed by atoms with van der Waals surface area (Å²) in [7, 11) is 0. The Morgan fingerprint density at radius 1 is 1.10 bits per heavy atom. The molecular weight excluding hydrogens is 527 g/mol. The van der Waals surface area contributed by atoms with Crippen LogP contribution in [0, 0.1) is 0 Å². The summed E-state index contributed by atoms with van der Waals surface area (Å²) in [5.41, 5.74) is 29.2. The number of nitrogens with two attached hydrogens (primary N) is 5. The van der Waals surface area contributed by atoms with Crippen LogP contribution in [0.5, 0.6) is 0 Å². The number of aliphatic hydroxyl groups is 5. The Hall–Kier alpha value is -1.16. The van der Waals surface area contributed by atoms with Crippen molar-refractivity contribution < 1.29 is 53.7 Å². The van der Waals surface area contributed by atoms with Crippen molar-refractivity contribution in [3.63, 3.8) is 0 Å². The Labute approximate surface area is 224 Å². The lowest BCUT2D eigenvalue weighted by atomic mass is 9.84. The fourth-order valence-corrected chi connectivity index (χ4v) is 5.00. The van der Waals surface area contributed by atoms with Gasteiger partial charge >= 0.3 is 0 Å². The van der Waals surface area contributed by atoms with Crippen molar-refractivity contribution in [2.45, 2.75) is 111 Å². The summed E-state index contributed by atoms with van der Waals surface area (Å²) < 4.78 is 38.8. The van der Waals surface area contributed by atoms with Gasteiger partial charge in [0.2, 0.25) is 18.0 Å². The molecule has 3 rings (SSSR count). The highest BCUT2D eigenvalue weighted by Crippen LogP contribution is 2.35. The molecule has 39 heavy (non-hydrogen) atoms. The average Bonchev–Trinajstić information content (AvgIpc) is 2.89. The minimum absolute atomic E-state index is 0.00199. The second-order valence-corrected chi connectivity index (χ2v) is 10.3. The Morgan fingerprint density at radius 3 is 2.41 bits per heavy atom. The fourth-order valence-electron chi connectivity index (χ4n) is 5.00. The van der Waals surface area contributed by atoms with Crippen LogP contribution in [0.15, 0.2) is 0 Å². The molecule has 0 aromatic heterocycles. The summed E-state index contributed by atoms with van der Waals surface area (Å²) in [5, 5.41) is 53.3. The summed E-state index contributed by atoms with van der Waals surface area (Å²) >= 11 is 0. The molecule has 1 saturated carbocycles. The minimum Gasteiger partial charge on any atom is -0.394 e. The second kappa shape index (κ2) is 13.7. The zero-order chi connectivity index (χ0) is 29.1. The SMILES string of the molecule is NCC[C@H](O)C(=O)N[C@@H]1C[C@H](N)[C@@H](O[C@H]2O[C@H](CN)CC[C@H]2N)[C@@H](F)[C@H]1O[C@H]1O[C@H](CO)[C@@H](O)[C@H](N)C1(O)O. The van der Waals surface area contributed by atoms with Gasteiger partial charge in [0.1, 0.15) is 30.5 Å². The summed E-state index contributed by atoms with van der Waals surface area (Å²) in [4.78, 5) is 12.6. The van der Waals surface area contributed by atoms with Gasteiger partial charge in [-0.2, -0.15) is 0 Å². The lowest BCUT2D eigenvalue weighted by Gasteiger charge is -2.49. The standard InChI is InChI=1S/C22H43FN6O10/c23-14-16(38-20-9(26)2-1-8(6-25)36-20)10(27)5-11(29-19(33)12(31)3-4-24)17(14)39-21-22(34,35)18(28)15(32)13(7-30)37-21/h8-18,20-21,30-32,34-35H,1-7,24-28H2,(H,29,33)/t8-,9+,10-,11+,12-,13+,14+,15+,16+,17-,18-,20+,21+/m0/s1. The number of rotatable bonds is 10. The van der Waals surface area contributed by atoms with Gasteiger partial charge in [0.15, 0.2) is 12.5 Å². The van der Waals surface area contributed by atoms with Crippen molar-refractivity contribution in [1.82, 2.24) is 5.32 Å². The molecule has 16 N–H and O–H groups in total. The van der Waals surface area contributed by atoms with E-state index in [0.29, 0.717) is 12.8 Å². The molecule has 0 aromatic rings. The molecule has 2 aliphatic heterocycles.